The van der Waals surface area contributed by atoms with Gasteiger partial charge in [-0.3, -0.25) is 4.79 Å². The summed E-state index contributed by atoms with van der Waals surface area (Å²) < 4.78 is 5.33. The van der Waals surface area contributed by atoms with Gasteiger partial charge >= 0.3 is 6.09 Å². The van der Waals surface area contributed by atoms with E-state index in [1.54, 1.807) is 43.9 Å². The number of alkyl carbamates (subject to hydrolysis) is 1. The van der Waals surface area contributed by atoms with Crippen molar-refractivity contribution in [3.05, 3.63) is 24.0 Å². The van der Waals surface area contributed by atoms with Crippen molar-refractivity contribution < 1.29 is 19.4 Å². The van der Waals surface area contributed by atoms with Gasteiger partial charge in [-0.05, 0) is 52.2 Å². The molecule has 1 aliphatic heterocycles. The highest BCUT2D eigenvalue weighted by Gasteiger charge is 2.42. The normalized spacial score (nSPS) is 25.2. The summed E-state index contributed by atoms with van der Waals surface area (Å²) in [6, 6.07) is -0.731. The van der Waals surface area contributed by atoms with Crippen molar-refractivity contribution in [1.29, 1.82) is 0 Å². The van der Waals surface area contributed by atoms with E-state index in [0.29, 0.717) is 19.5 Å². The van der Waals surface area contributed by atoms with Crippen LogP contribution in [0.25, 0.3) is 0 Å². The Kier molecular flexibility index (Phi) is 5.26. The third-order valence-electron chi connectivity index (χ3n) is 4.37. The van der Waals surface area contributed by atoms with Crippen molar-refractivity contribution >= 4 is 12.0 Å². The molecule has 0 aromatic carbocycles. The number of amides is 2. The minimum atomic E-state index is -0.731. The molecule has 0 aromatic heterocycles. The Balaban J connectivity index is 2.19. The Morgan fingerprint density at radius 2 is 1.96 bits per heavy atom. The molecule has 1 aliphatic carbocycles. The first-order valence-electron chi connectivity index (χ1n) is 8.47. The number of nitrogens with zero attached hydrogens (tertiary/aromatic N) is 1. The Bertz CT molecular complexity index is 556. The maximum atomic E-state index is 13.0. The first-order chi connectivity index (χ1) is 11.1. The average molecular weight is 336 g/mol. The summed E-state index contributed by atoms with van der Waals surface area (Å²) in [7, 11) is 0. The van der Waals surface area contributed by atoms with Crippen molar-refractivity contribution in [2.75, 3.05) is 13.1 Å². The van der Waals surface area contributed by atoms with Gasteiger partial charge in [0, 0.05) is 18.5 Å². The van der Waals surface area contributed by atoms with Crippen molar-refractivity contribution in [2.45, 2.75) is 58.6 Å². The summed E-state index contributed by atoms with van der Waals surface area (Å²) in [6.45, 7) is 8.69. The van der Waals surface area contributed by atoms with Crippen LogP contribution in [-0.4, -0.2) is 46.7 Å². The van der Waals surface area contributed by atoms with Crippen LogP contribution < -0.4 is 5.32 Å². The zero-order valence-corrected chi connectivity index (χ0v) is 15.0. The van der Waals surface area contributed by atoms with Crippen LogP contribution in [0.2, 0.25) is 0 Å². The zero-order chi connectivity index (χ0) is 18.0. The monoisotopic (exact) mass is 336 g/mol. The fourth-order valence-electron chi connectivity index (χ4n) is 3.00. The van der Waals surface area contributed by atoms with E-state index >= 15 is 0 Å². The molecular formula is C18H28N2O4. The maximum absolute atomic E-state index is 13.0. The van der Waals surface area contributed by atoms with E-state index in [4.69, 9.17) is 4.74 Å². The van der Waals surface area contributed by atoms with Gasteiger partial charge in [0.1, 0.15) is 17.4 Å². The van der Waals surface area contributed by atoms with E-state index in [0.717, 1.165) is 12.8 Å². The number of hydrogen-bond acceptors (Lipinski definition) is 4. The number of aliphatic hydroxyl groups excluding tert-OH is 1. The first kappa shape index (κ1) is 18.4. The molecule has 24 heavy (non-hydrogen) atoms. The molecule has 6 nitrogen and oxygen atoms in total. The molecule has 2 atom stereocenters. The van der Waals surface area contributed by atoms with Gasteiger partial charge in [0.25, 0.3) is 0 Å². The lowest BCUT2D eigenvalue weighted by Gasteiger charge is -2.37. The van der Waals surface area contributed by atoms with Gasteiger partial charge in [0.05, 0.1) is 0 Å². The van der Waals surface area contributed by atoms with E-state index in [-0.39, 0.29) is 11.7 Å². The SMILES string of the molecule is CC(C)(C)OC(=O)N[C@H](C(=O)N1CCCC1)C1(C)C=CC(O)=CC1. The molecule has 1 unspecified atom stereocenters. The van der Waals surface area contributed by atoms with Crippen LogP contribution in [0, 0.1) is 5.41 Å². The van der Waals surface area contributed by atoms with Gasteiger partial charge < -0.3 is 20.1 Å². The fraction of sp³-hybridized carbons (Fsp3) is 0.667. The molecule has 0 bridgehead atoms. The summed E-state index contributed by atoms with van der Waals surface area (Å²) in [5.74, 6) is 0.0809. The van der Waals surface area contributed by atoms with Crippen molar-refractivity contribution in [1.82, 2.24) is 10.2 Å². The van der Waals surface area contributed by atoms with Gasteiger partial charge in [-0.1, -0.05) is 13.0 Å². The number of aliphatic hydroxyl groups is 1. The summed E-state index contributed by atoms with van der Waals surface area (Å²) in [4.78, 5) is 27.0. The molecule has 2 aliphatic rings. The number of allylic oxidation sites excluding steroid dienone is 2. The van der Waals surface area contributed by atoms with E-state index in [9.17, 15) is 14.7 Å². The van der Waals surface area contributed by atoms with Crippen LogP contribution >= 0.6 is 0 Å². The topological polar surface area (TPSA) is 78.9 Å². The largest absolute Gasteiger partial charge is 0.508 e. The van der Waals surface area contributed by atoms with Gasteiger partial charge in [-0.2, -0.15) is 0 Å². The summed E-state index contributed by atoms with van der Waals surface area (Å²) in [5, 5.41) is 12.3. The second-order valence-corrected chi connectivity index (χ2v) is 7.78. The molecule has 2 rings (SSSR count). The number of carbonyl (C=O) groups excluding carboxylic acids is 2. The maximum Gasteiger partial charge on any atom is 0.408 e. The van der Waals surface area contributed by atoms with Gasteiger partial charge in [-0.25, -0.2) is 4.79 Å². The second kappa shape index (κ2) is 6.87. The lowest BCUT2D eigenvalue weighted by molar-refractivity contribution is -0.134. The molecule has 0 saturated carbocycles. The molecular weight excluding hydrogens is 308 g/mol. The van der Waals surface area contributed by atoms with Crippen LogP contribution in [0.4, 0.5) is 4.79 Å². The Hall–Kier alpha value is -1.98. The molecule has 0 radical (unpaired) electrons. The van der Waals surface area contributed by atoms with Crippen LogP contribution in [0.1, 0.15) is 47.0 Å². The first-order valence-corrected chi connectivity index (χ1v) is 8.47. The van der Waals surface area contributed by atoms with Crippen LogP contribution in [0.15, 0.2) is 24.0 Å². The fourth-order valence-corrected chi connectivity index (χ4v) is 3.00. The average Bonchev–Trinajstić information content (AvgIpc) is 3.00. The van der Waals surface area contributed by atoms with E-state index in [1.165, 1.54) is 0 Å². The molecule has 1 saturated heterocycles. The quantitative estimate of drug-likeness (QED) is 0.830. The smallest absolute Gasteiger partial charge is 0.408 e. The highest BCUT2D eigenvalue weighted by Crippen LogP contribution is 2.34. The Labute approximate surface area is 143 Å². The minimum absolute atomic E-state index is 0.0969. The number of rotatable bonds is 3. The highest BCUT2D eigenvalue weighted by molar-refractivity contribution is 5.87. The molecule has 0 spiro atoms. The number of carbonyl (C=O) groups is 2. The minimum Gasteiger partial charge on any atom is -0.508 e. The summed E-state index contributed by atoms with van der Waals surface area (Å²) in [5.41, 5.74) is -1.24. The highest BCUT2D eigenvalue weighted by atomic mass is 16.6. The van der Waals surface area contributed by atoms with E-state index < -0.39 is 23.2 Å². The van der Waals surface area contributed by atoms with Crippen LogP contribution in [-0.2, 0) is 9.53 Å². The van der Waals surface area contributed by atoms with Crippen LogP contribution in [0.5, 0.6) is 0 Å². The third kappa shape index (κ3) is 4.52. The van der Waals surface area contributed by atoms with Crippen LogP contribution in [0.3, 0.4) is 0 Å². The number of nitrogens with one attached hydrogen (secondary N) is 1. The lowest BCUT2D eigenvalue weighted by Crippen LogP contribution is -2.56. The summed E-state index contributed by atoms with van der Waals surface area (Å²) in [6.07, 6.45) is 6.86. The van der Waals surface area contributed by atoms with Gasteiger partial charge in [-0.15, -0.1) is 0 Å². The molecule has 1 heterocycles. The molecule has 0 aromatic rings. The molecule has 1 fully saturated rings. The predicted molar refractivity (Wildman–Crippen MR) is 91.5 cm³/mol. The van der Waals surface area contributed by atoms with Crippen molar-refractivity contribution in [3.63, 3.8) is 0 Å². The van der Waals surface area contributed by atoms with Gasteiger partial charge in [0.2, 0.25) is 5.91 Å². The summed E-state index contributed by atoms with van der Waals surface area (Å²) >= 11 is 0. The number of likely N-dealkylation sites (tertiary alicyclic amines) is 1. The number of ether oxygens (including phenoxy) is 1. The number of hydrogen-bond donors (Lipinski definition) is 2. The third-order valence-corrected chi connectivity index (χ3v) is 4.37. The Morgan fingerprint density at radius 3 is 2.46 bits per heavy atom. The van der Waals surface area contributed by atoms with E-state index in [2.05, 4.69) is 5.32 Å². The second-order valence-electron chi connectivity index (χ2n) is 7.78. The van der Waals surface area contributed by atoms with E-state index in [1.807, 2.05) is 6.92 Å². The zero-order valence-electron chi connectivity index (χ0n) is 15.0. The molecule has 2 amide bonds. The molecule has 6 heteroatoms. The lowest BCUT2D eigenvalue weighted by atomic mass is 9.76. The predicted octanol–water partition coefficient (Wildman–Crippen LogP) is 2.91. The molecule has 134 valence electrons. The Morgan fingerprint density at radius 1 is 1.33 bits per heavy atom. The molecule has 2 N–H and O–H groups in total. The van der Waals surface area contributed by atoms with Gasteiger partial charge in [0.15, 0.2) is 0 Å². The van der Waals surface area contributed by atoms with Crippen molar-refractivity contribution in [3.8, 4) is 0 Å². The van der Waals surface area contributed by atoms with Crippen molar-refractivity contribution in [2.24, 2.45) is 5.41 Å². The standard InChI is InChI=1S/C18H28N2O4/c1-17(2,3)24-16(23)19-14(15(22)20-11-5-6-12-20)18(4)9-7-13(21)8-10-18/h7-9,14,21H,5-6,10-12H2,1-4H3,(H,19,23)/t14-,18?/m1/s1.